The van der Waals surface area contributed by atoms with E-state index in [0.717, 1.165) is 6.42 Å². The van der Waals surface area contributed by atoms with E-state index in [1.165, 1.54) is 0 Å². The maximum Gasteiger partial charge on any atom is 0.168 e. The summed E-state index contributed by atoms with van der Waals surface area (Å²) >= 11 is 0. The summed E-state index contributed by atoms with van der Waals surface area (Å²) < 4.78 is 0. The van der Waals surface area contributed by atoms with Gasteiger partial charge in [-0.15, -0.1) is 0 Å². The second-order valence-corrected chi connectivity index (χ2v) is 5.45. The van der Waals surface area contributed by atoms with Crippen molar-refractivity contribution in [1.29, 1.82) is 0 Å². The van der Waals surface area contributed by atoms with Crippen molar-refractivity contribution in [3.63, 3.8) is 0 Å². The molecule has 104 valence electrons. The van der Waals surface area contributed by atoms with E-state index in [2.05, 4.69) is 10.3 Å². The van der Waals surface area contributed by atoms with Gasteiger partial charge in [-0.1, -0.05) is 13.8 Å². The van der Waals surface area contributed by atoms with Gasteiger partial charge in [0.05, 0.1) is 5.57 Å². The van der Waals surface area contributed by atoms with Gasteiger partial charge in [-0.3, -0.25) is 14.6 Å². The molecule has 4 heteroatoms. The largest absolute Gasteiger partial charge is 0.387 e. The molecular weight excluding hydrogens is 240 g/mol. The van der Waals surface area contributed by atoms with Gasteiger partial charge in [0.15, 0.2) is 11.6 Å². The van der Waals surface area contributed by atoms with E-state index >= 15 is 0 Å². The first kappa shape index (κ1) is 15.3. The van der Waals surface area contributed by atoms with Crippen LogP contribution in [0.4, 0.5) is 0 Å². The Morgan fingerprint density at radius 2 is 2.05 bits per heavy atom. The second kappa shape index (κ2) is 7.02. The van der Waals surface area contributed by atoms with Crippen molar-refractivity contribution in [2.24, 2.45) is 10.4 Å². The molecule has 1 rings (SSSR count). The molecule has 0 aromatic heterocycles. The van der Waals surface area contributed by atoms with Crippen LogP contribution in [-0.4, -0.2) is 24.3 Å². The summed E-state index contributed by atoms with van der Waals surface area (Å²) in [6.07, 6.45) is 8.38. The SMILES string of the molecule is C/C=N\C=C/CN/C=C1/C(=O)CCC(C)(C)CC1=O. The fourth-order valence-electron chi connectivity index (χ4n) is 1.95. The van der Waals surface area contributed by atoms with Crippen LogP contribution in [0.15, 0.2) is 29.0 Å². The molecule has 0 spiro atoms. The molecule has 1 N–H and O–H groups in total. The minimum atomic E-state index is -0.0852. The normalized spacial score (nSPS) is 22.4. The molecule has 0 amide bonds. The molecule has 0 atom stereocenters. The Balaban J connectivity index is 2.64. The lowest BCUT2D eigenvalue weighted by Gasteiger charge is -2.19. The maximum atomic E-state index is 12.0. The van der Waals surface area contributed by atoms with E-state index in [1.807, 2.05) is 26.8 Å². The van der Waals surface area contributed by atoms with Gasteiger partial charge >= 0.3 is 0 Å². The fourth-order valence-corrected chi connectivity index (χ4v) is 1.95. The summed E-state index contributed by atoms with van der Waals surface area (Å²) in [5, 5.41) is 2.97. The molecule has 0 bridgehead atoms. The van der Waals surface area contributed by atoms with E-state index in [9.17, 15) is 9.59 Å². The third-order valence-electron chi connectivity index (χ3n) is 3.09. The zero-order chi connectivity index (χ0) is 14.3. The molecule has 0 aromatic rings. The number of ketones is 2. The van der Waals surface area contributed by atoms with E-state index in [0.29, 0.717) is 25.0 Å². The third-order valence-corrected chi connectivity index (χ3v) is 3.09. The Bertz CT molecular complexity index is 431. The summed E-state index contributed by atoms with van der Waals surface area (Å²) in [5.41, 5.74) is 0.218. The van der Waals surface area contributed by atoms with Gasteiger partial charge in [0.1, 0.15) is 0 Å². The van der Waals surface area contributed by atoms with Gasteiger partial charge in [0.2, 0.25) is 0 Å². The minimum Gasteiger partial charge on any atom is -0.387 e. The first-order valence-corrected chi connectivity index (χ1v) is 6.59. The van der Waals surface area contributed by atoms with Crippen molar-refractivity contribution in [3.05, 3.63) is 24.0 Å². The highest BCUT2D eigenvalue weighted by Crippen LogP contribution is 2.32. The molecule has 1 saturated carbocycles. The van der Waals surface area contributed by atoms with Gasteiger partial charge < -0.3 is 5.32 Å². The molecule has 0 aliphatic heterocycles. The van der Waals surface area contributed by atoms with Crippen molar-refractivity contribution >= 4 is 17.8 Å². The molecular formula is C15H22N2O2. The number of hydrogen-bond donors (Lipinski definition) is 1. The monoisotopic (exact) mass is 262 g/mol. The van der Waals surface area contributed by atoms with E-state index in [1.54, 1.807) is 18.6 Å². The van der Waals surface area contributed by atoms with Gasteiger partial charge in [0.25, 0.3) is 0 Å². The third kappa shape index (κ3) is 5.20. The molecule has 1 aliphatic carbocycles. The topological polar surface area (TPSA) is 58.5 Å². The smallest absolute Gasteiger partial charge is 0.168 e. The summed E-state index contributed by atoms with van der Waals surface area (Å²) in [6, 6.07) is 0. The van der Waals surface area contributed by atoms with Crippen LogP contribution in [0.2, 0.25) is 0 Å². The number of hydrogen-bond acceptors (Lipinski definition) is 4. The van der Waals surface area contributed by atoms with Gasteiger partial charge in [-0.05, 0) is 24.8 Å². The Morgan fingerprint density at radius 1 is 1.32 bits per heavy atom. The van der Waals surface area contributed by atoms with Crippen molar-refractivity contribution in [3.8, 4) is 0 Å². The maximum absolute atomic E-state index is 12.0. The lowest BCUT2D eigenvalue weighted by atomic mass is 9.84. The highest BCUT2D eigenvalue weighted by atomic mass is 16.1. The van der Waals surface area contributed by atoms with Crippen LogP contribution in [0.5, 0.6) is 0 Å². The van der Waals surface area contributed by atoms with Gasteiger partial charge in [0, 0.05) is 38.0 Å². The fraction of sp³-hybridized carbons (Fsp3) is 0.533. The number of rotatable bonds is 4. The van der Waals surface area contributed by atoms with Crippen LogP contribution < -0.4 is 5.32 Å². The number of allylic oxidation sites excluding steroid dienone is 1. The first-order valence-electron chi connectivity index (χ1n) is 6.59. The van der Waals surface area contributed by atoms with Crippen LogP contribution in [0.25, 0.3) is 0 Å². The van der Waals surface area contributed by atoms with Crippen LogP contribution in [0, 0.1) is 5.41 Å². The standard InChI is InChI=1S/C15H22N2O2/c1-4-16-8-5-9-17-11-12-13(18)6-7-15(2,3)10-14(12)19/h4-5,8,11,17H,6-7,9-10H2,1-3H3/b8-5-,12-11-,16-4-. The van der Waals surface area contributed by atoms with Crippen molar-refractivity contribution in [2.45, 2.75) is 40.0 Å². The number of Topliss-reactive ketones (excluding diaryl/α,β-unsaturated/α-hetero) is 2. The Labute approximate surface area is 114 Å². The minimum absolute atomic E-state index is 0.0568. The highest BCUT2D eigenvalue weighted by molar-refractivity contribution is 6.20. The lowest BCUT2D eigenvalue weighted by molar-refractivity contribution is -0.120. The highest BCUT2D eigenvalue weighted by Gasteiger charge is 2.31. The van der Waals surface area contributed by atoms with Crippen LogP contribution in [-0.2, 0) is 9.59 Å². The molecule has 4 nitrogen and oxygen atoms in total. The average Bonchev–Trinajstić information content (AvgIpc) is 2.43. The number of carbonyl (C=O) groups is 2. The molecule has 0 aromatic carbocycles. The molecule has 1 aliphatic rings. The van der Waals surface area contributed by atoms with E-state index in [4.69, 9.17) is 0 Å². The molecule has 0 unspecified atom stereocenters. The van der Waals surface area contributed by atoms with E-state index < -0.39 is 0 Å². The summed E-state index contributed by atoms with van der Waals surface area (Å²) in [6.45, 7) is 6.44. The number of nitrogens with one attached hydrogen (secondary N) is 1. The van der Waals surface area contributed by atoms with Crippen LogP contribution in [0.1, 0.15) is 40.0 Å². The van der Waals surface area contributed by atoms with Crippen LogP contribution in [0.3, 0.4) is 0 Å². The summed E-state index contributed by atoms with van der Waals surface area (Å²) in [5.74, 6) is -0.116. The van der Waals surface area contributed by atoms with Crippen molar-refractivity contribution in [1.82, 2.24) is 5.32 Å². The zero-order valence-electron chi connectivity index (χ0n) is 11.9. The van der Waals surface area contributed by atoms with Gasteiger partial charge in [-0.2, -0.15) is 0 Å². The number of nitrogens with zero attached hydrogens (tertiary/aromatic N) is 1. The van der Waals surface area contributed by atoms with Gasteiger partial charge in [-0.25, -0.2) is 0 Å². The number of carbonyl (C=O) groups excluding carboxylic acids is 2. The van der Waals surface area contributed by atoms with Crippen molar-refractivity contribution in [2.75, 3.05) is 6.54 Å². The first-order chi connectivity index (χ1) is 8.96. The molecule has 0 radical (unpaired) electrons. The molecule has 0 heterocycles. The average molecular weight is 262 g/mol. The Morgan fingerprint density at radius 3 is 2.74 bits per heavy atom. The lowest BCUT2D eigenvalue weighted by Crippen LogP contribution is -2.17. The summed E-state index contributed by atoms with van der Waals surface area (Å²) in [7, 11) is 0. The predicted octanol–water partition coefficient (Wildman–Crippen LogP) is 2.41. The van der Waals surface area contributed by atoms with Crippen molar-refractivity contribution < 1.29 is 9.59 Å². The number of aliphatic imine (C=N–C) groups is 1. The zero-order valence-corrected chi connectivity index (χ0v) is 11.9. The van der Waals surface area contributed by atoms with E-state index in [-0.39, 0.29) is 17.0 Å². The Kier molecular flexibility index (Phi) is 5.67. The molecule has 1 fully saturated rings. The Hall–Kier alpha value is -1.71. The quantitative estimate of drug-likeness (QED) is 0.278. The van der Waals surface area contributed by atoms with Crippen LogP contribution >= 0.6 is 0 Å². The second-order valence-electron chi connectivity index (χ2n) is 5.45. The summed E-state index contributed by atoms with van der Waals surface area (Å²) in [4.78, 5) is 27.9. The molecule has 0 saturated heterocycles. The predicted molar refractivity (Wildman–Crippen MR) is 77.0 cm³/mol. The molecule has 19 heavy (non-hydrogen) atoms.